The SMILES string of the molecule is CCCCS(=O)(=O)CCCCCO. The van der Waals surface area contributed by atoms with E-state index in [2.05, 4.69) is 0 Å². The summed E-state index contributed by atoms with van der Waals surface area (Å²) in [6, 6.07) is 0. The minimum absolute atomic E-state index is 0.162. The molecule has 0 rings (SSSR count). The van der Waals surface area contributed by atoms with Crippen molar-refractivity contribution in [1.29, 1.82) is 0 Å². The van der Waals surface area contributed by atoms with E-state index in [0.717, 1.165) is 19.3 Å². The summed E-state index contributed by atoms with van der Waals surface area (Å²) in [4.78, 5) is 0. The molecule has 0 amide bonds. The lowest BCUT2D eigenvalue weighted by atomic mass is 10.3. The third-order valence-electron chi connectivity index (χ3n) is 1.92. The number of aliphatic hydroxyl groups is 1. The minimum atomic E-state index is -2.81. The van der Waals surface area contributed by atoms with Crippen molar-refractivity contribution in [1.82, 2.24) is 0 Å². The Morgan fingerprint density at radius 1 is 1.00 bits per heavy atom. The van der Waals surface area contributed by atoms with Gasteiger partial charge in [0.05, 0.1) is 11.5 Å². The van der Waals surface area contributed by atoms with Crippen LogP contribution >= 0.6 is 0 Å². The summed E-state index contributed by atoms with van der Waals surface area (Å²) in [6.45, 7) is 2.15. The largest absolute Gasteiger partial charge is 0.396 e. The van der Waals surface area contributed by atoms with Crippen molar-refractivity contribution in [3.63, 3.8) is 0 Å². The predicted molar refractivity (Wildman–Crippen MR) is 54.5 cm³/mol. The standard InChI is InChI=1S/C9H20O3S/c1-2-3-8-13(11,12)9-6-4-5-7-10/h10H,2-9H2,1H3. The van der Waals surface area contributed by atoms with Gasteiger partial charge in [0, 0.05) is 6.61 Å². The van der Waals surface area contributed by atoms with E-state index in [1.165, 1.54) is 0 Å². The number of hydrogen-bond acceptors (Lipinski definition) is 3. The number of sulfone groups is 1. The molecule has 0 spiro atoms. The van der Waals surface area contributed by atoms with Crippen LogP contribution in [0.2, 0.25) is 0 Å². The van der Waals surface area contributed by atoms with Crippen LogP contribution in [0.25, 0.3) is 0 Å². The second kappa shape index (κ2) is 7.33. The van der Waals surface area contributed by atoms with Crippen molar-refractivity contribution >= 4 is 9.84 Å². The fourth-order valence-electron chi connectivity index (χ4n) is 1.08. The highest BCUT2D eigenvalue weighted by molar-refractivity contribution is 7.91. The van der Waals surface area contributed by atoms with Gasteiger partial charge < -0.3 is 5.11 Å². The summed E-state index contributed by atoms with van der Waals surface area (Å²) in [5.74, 6) is 0.607. The molecule has 4 heteroatoms. The maximum atomic E-state index is 11.3. The van der Waals surface area contributed by atoms with Crippen LogP contribution in [0.15, 0.2) is 0 Å². The van der Waals surface area contributed by atoms with Gasteiger partial charge in [-0.15, -0.1) is 0 Å². The Balaban J connectivity index is 3.52. The average Bonchev–Trinajstić information content (AvgIpc) is 2.09. The number of rotatable bonds is 8. The molecule has 0 aromatic carbocycles. The lowest BCUT2D eigenvalue weighted by Crippen LogP contribution is -2.10. The van der Waals surface area contributed by atoms with Crippen LogP contribution in [-0.4, -0.2) is 31.6 Å². The van der Waals surface area contributed by atoms with E-state index >= 15 is 0 Å². The van der Waals surface area contributed by atoms with Crippen molar-refractivity contribution in [2.75, 3.05) is 18.1 Å². The maximum Gasteiger partial charge on any atom is 0.150 e. The van der Waals surface area contributed by atoms with Crippen LogP contribution in [0.4, 0.5) is 0 Å². The minimum Gasteiger partial charge on any atom is -0.396 e. The monoisotopic (exact) mass is 208 g/mol. The van der Waals surface area contributed by atoms with Gasteiger partial charge in [-0.2, -0.15) is 0 Å². The Morgan fingerprint density at radius 2 is 1.62 bits per heavy atom. The molecule has 1 N–H and O–H groups in total. The summed E-state index contributed by atoms with van der Waals surface area (Å²) < 4.78 is 22.6. The van der Waals surface area contributed by atoms with E-state index in [-0.39, 0.29) is 12.4 Å². The Kier molecular flexibility index (Phi) is 7.28. The summed E-state index contributed by atoms with van der Waals surface area (Å²) in [5, 5.41) is 8.49. The molecule has 0 atom stereocenters. The second-order valence-electron chi connectivity index (χ2n) is 3.29. The summed E-state index contributed by atoms with van der Waals surface area (Å²) in [5.41, 5.74) is 0. The van der Waals surface area contributed by atoms with E-state index in [4.69, 9.17) is 5.11 Å². The highest BCUT2D eigenvalue weighted by atomic mass is 32.2. The van der Waals surface area contributed by atoms with E-state index in [0.29, 0.717) is 18.6 Å². The molecule has 0 aromatic rings. The van der Waals surface area contributed by atoms with E-state index in [1.54, 1.807) is 0 Å². The molecule has 0 aromatic heterocycles. The van der Waals surface area contributed by atoms with Crippen molar-refractivity contribution in [2.24, 2.45) is 0 Å². The Hall–Kier alpha value is -0.0900. The fourth-order valence-corrected chi connectivity index (χ4v) is 2.65. The van der Waals surface area contributed by atoms with Gasteiger partial charge in [0.1, 0.15) is 9.84 Å². The number of unbranched alkanes of at least 4 members (excludes halogenated alkanes) is 3. The highest BCUT2D eigenvalue weighted by Gasteiger charge is 2.08. The van der Waals surface area contributed by atoms with Gasteiger partial charge in [-0.1, -0.05) is 19.8 Å². The average molecular weight is 208 g/mol. The molecule has 0 aliphatic carbocycles. The van der Waals surface area contributed by atoms with Crippen molar-refractivity contribution in [2.45, 2.75) is 39.0 Å². The molecule has 0 saturated carbocycles. The predicted octanol–water partition coefficient (Wildman–Crippen LogP) is 1.36. The van der Waals surface area contributed by atoms with Crippen molar-refractivity contribution in [3.8, 4) is 0 Å². The first kappa shape index (κ1) is 12.9. The molecule has 3 nitrogen and oxygen atoms in total. The first-order valence-corrected chi connectivity index (χ1v) is 6.76. The van der Waals surface area contributed by atoms with Crippen LogP contribution in [-0.2, 0) is 9.84 Å². The molecule has 0 radical (unpaired) electrons. The molecule has 0 fully saturated rings. The highest BCUT2D eigenvalue weighted by Crippen LogP contribution is 2.02. The zero-order valence-electron chi connectivity index (χ0n) is 8.33. The molecule has 0 unspecified atom stereocenters. The summed E-state index contributed by atoms with van der Waals surface area (Å²) >= 11 is 0. The van der Waals surface area contributed by atoms with Gasteiger partial charge in [-0.05, 0) is 19.3 Å². The molecular weight excluding hydrogens is 188 g/mol. The van der Waals surface area contributed by atoms with Crippen LogP contribution in [0.5, 0.6) is 0 Å². The Labute approximate surface area is 81.1 Å². The normalized spacial score (nSPS) is 11.8. The quantitative estimate of drug-likeness (QED) is 0.613. The molecular formula is C9H20O3S. The zero-order chi connectivity index (χ0) is 10.2. The second-order valence-corrected chi connectivity index (χ2v) is 5.59. The smallest absolute Gasteiger partial charge is 0.150 e. The topological polar surface area (TPSA) is 54.4 Å². The third-order valence-corrected chi connectivity index (χ3v) is 3.74. The first-order valence-electron chi connectivity index (χ1n) is 4.93. The molecule has 0 aliphatic rings. The molecule has 80 valence electrons. The summed E-state index contributed by atoms with van der Waals surface area (Å²) in [6.07, 6.45) is 3.90. The Bertz CT molecular complexity index is 197. The molecule has 0 heterocycles. The lowest BCUT2D eigenvalue weighted by molar-refractivity contribution is 0.284. The third kappa shape index (κ3) is 8.25. The van der Waals surface area contributed by atoms with Crippen LogP contribution < -0.4 is 0 Å². The number of aliphatic hydroxyl groups excluding tert-OH is 1. The lowest BCUT2D eigenvalue weighted by Gasteiger charge is -2.02. The molecule has 0 bridgehead atoms. The van der Waals surface area contributed by atoms with Gasteiger partial charge in [-0.3, -0.25) is 0 Å². The summed E-state index contributed by atoms with van der Waals surface area (Å²) in [7, 11) is -2.81. The van der Waals surface area contributed by atoms with E-state index < -0.39 is 9.84 Å². The van der Waals surface area contributed by atoms with Crippen molar-refractivity contribution < 1.29 is 13.5 Å². The van der Waals surface area contributed by atoms with Crippen LogP contribution in [0, 0.1) is 0 Å². The van der Waals surface area contributed by atoms with Gasteiger partial charge in [0.25, 0.3) is 0 Å². The van der Waals surface area contributed by atoms with Gasteiger partial charge in [-0.25, -0.2) is 8.42 Å². The van der Waals surface area contributed by atoms with E-state index in [9.17, 15) is 8.42 Å². The molecule has 0 saturated heterocycles. The van der Waals surface area contributed by atoms with Crippen LogP contribution in [0.3, 0.4) is 0 Å². The van der Waals surface area contributed by atoms with E-state index in [1.807, 2.05) is 6.92 Å². The molecule has 0 aliphatic heterocycles. The van der Waals surface area contributed by atoms with Crippen molar-refractivity contribution in [3.05, 3.63) is 0 Å². The van der Waals surface area contributed by atoms with Gasteiger partial charge in [0.2, 0.25) is 0 Å². The van der Waals surface area contributed by atoms with Gasteiger partial charge in [0.15, 0.2) is 0 Å². The maximum absolute atomic E-state index is 11.3. The fraction of sp³-hybridized carbons (Fsp3) is 1.00. The Morgan fingerprint density at radius 3 is 2.15 bits per heavy atom. The van der Waals surface area contributed by atoms with Crippen LogP contribution in [0.1, 0.15) is 39.0 Å². The number of hydrogen-bond donors (Lipinski definition) is 1. The molecule has 13 heavy (non-hydrogen) atoms. The zero-order valence-corrected chi connectivity index (χ0v) is 9.15. The van der Waals surface area contributed by atoms with Gasteiger partial charge >= 0.3 is 0 Å². The first-order chi connectivity index (χ1) is 6.12.